The van der Waals surface area contributed by atoms with E-state index < -0.39 is 10.0 Å². The average molecular weight is 266 g/mol. The summed E-state index contributed by atoms with van der Waals surface area (Å²) in [6.45, 7) is 8.25. The SMILES string of the molecule is CC.CCC.NS(=O)(=O)c1ccc(Cl)cc1. The largest absolute Gasteiger partial charge is 0.238 e. The summed E-state index contributed by atoms with van der Waals surface area (Å²) in [5.41, 5.74) is 0. The number of hydrogen-bond donors (Lipinski definition) is 1. The van der Waals surface area contributed by atoms with Gasteiger partial charge in [0.15, 0.2) is 0 Å². The minimum atomic E-state index is -3.58. The van der Waals surface area contributed by atoms with Gasteiger partial charge in [0.1, 0.15) is 0 Å². The first-order valence-corrected chi connectivity index (χ1v) is 7.12. The van der Waals surface area contributed by atoms with Crippen LogP contribution in [0.1, 0.15) is 34.1 Å². The molecular weight excluding hydrogens is 246 g/mol. The van der Waals surface area contributed by atoms with Gasteiger partial charge >= 0.3 is 0 Å². The third kappa shape index (κ3) is 8.71. The fraction of sp³-hybridized carbons (Fsp3) is 0.455. The molecule has 0 bridgehead atoms. The average Bonchev–Trinajstić information content (AvgIpc) is 2.21. The van der Waals surface area contributed by atoms with Crippen LogP contribution in [0.4, 0.5) is 0 Å². The van der Waals surface area contributed by atoms with Gasteiger partial charge in [-0.1, -0.05) is 45.7 Å². The maximum atomic E-state index is 10.7. The first-order chi connectivity index (χ1) is 7.41. The van der Waals surface area contributed by atoms with E-state index in [1.54, 1.807) is 0 Å². The maximum Gasteiger partial charge on any atom is 0.238 e. The summed E-state index contributed by atoms with van der Waals surface area (Å²) in [7, 11) is -3.58. The van der Waals surface area contributed by atoms with Gasteiger partial charge in [0.25, 0.3) is 0 Å². The van der Waals surface area contributed by atoms with Crippen LogP contribution in [0.5, 0.6) is 0 Å². The van der Waals surface area contributed by atoms with Crippen LogP contribution in [0.2, 0.25) is 5.02 Å². The monoisotopic (exact) mass is 265 g/mol. The second-order valence-corrected chi connectivity index (χ2v) is 4.70. The Hall–Kier alpha value is -0.580. The van der Waals surface area contributed by atoms with Gasteiger partial charge in [-0.2, -0.15) is 0 Å². The smallest absolute Gasteiger partial charge is 0.225 e. The van der Waals surface area contributed by atoms with E-state index in [4.69, 9.17) is 16.7 Å². The maximum absolute atomic E-state index is 10.7. The zero-order chi connectivity index (χ0) is 13.2. The number of sulfonamides is 1. The predicted octanol–water partition coefficient (Wildman–Crippen LogP) is 3.43. The topological polar surface area (TPSA) is 60.2 Å². The summed E-state index contributed by atoms with van der Waals surface area (Å²) in [5.74, 6) is 0. The molecule has 1 aromatic rings. The molecule has 5 heteroatoms. The highest BCUT2D eigenvalue weighted by atomic mass is 35.5. The van der Waals surface area contributed by atoms with E-state index in [1.165, 1.54) is 30.7 Å². The number of primary sulfonamides is 1. The van der Waals surface area contributed by atoms with Crippen molar-refractivity contribution in [1.29, 1.82) is 0 Å². The highest BCUT2D eigenvalue weighted by Crippen LogP contribution is 2.11. The fourth-order valence-electron chi connectivity index (χ4n) is 0.624. The molecule has 3 nitrogen and oxygen atoms in total. The zero-order valence-electron chi connectivity index (χ0n) is 10.2. The molecule has 16 heavy (non-hydrogen) atoms. The van der Waals surface area contributed by atoms with Gasteiger partial charge in [-0.25, -0.2) is 13.6 Å². The van der Waals surface area contributed by atoms with Gasteiger partial charge in [0.2, 0.25) is 10.0 Å². The second kappa shape index (κ2) is 9.63. The number of benzene rings is 1. The van der Waals surface area contributed by atoms with Crippen LogP contribution in [0.25, 0.3) is 0 Å². The van der Waals surface area contributed by atoms with Crippen molar-refractivity contribution >= 4 is 21.6 Å². The van der Waals surface area contributed by atoms with Crippen molar-refractivity contribution in [2.75, 3.05) is 0 Å². The number of hydrogen-bond acceptors (Lipinski definition) is 2. The highest BCUT2D eigenvalue weighted by Gasteiger charge is 2.05. The highest BCUT2D eigenvalue weighted by molar-refractivity contribution is 7.89. The first kappa shape index (κ1) is 17.8. The molecule has 1 aromatic carbocycles. The van der Waals surface area contributed by atoms with Crippen molar-refractivity contribution in [1.82, 2.24) is 0 Å². The zero-order valence-corrected chi connectivity index (χ0v) is 11.8. The van der Waals surface area contributed by atoms with E-state index in [0.29, 0.717) is 5.02 Å². The van der Waals surface area contributed by atoms with E-state index in [0.717, 1.165) is 0 Å². The molecule has 0 spiro atoms. The van der Waals surface area contributed by atoms with Gasteiger partial charge in [0, 0.05) is 5.02 Å². The molecule has 0 atom stereocenters. The third-order valence-electron chi connectivity index (χ3n) is 1.14. The lowest BCUT2D eigenvalue weighted by Crippen LogP contribution is -2.11. The third-order valence-corrected chi connectivity index (χ3v) is 2.32. The summed E-state index contributed by atoms with van der Waals surface area (Å²) >= 11 is 5.53. The lowest BCUT2D eigenvalue weighted by molar-refractivity contribution is 0.598. The molecule has 0 aliphatic rings. The van der Waals surface area contributed by atoms with Crippen molar-refractivity contribution in [2.45, 2.75) is 39.0 Å². The van der Waals surface area contributed by atoms with Crippen LogP contribution in [-0.4, -0.2) is 8.42 Å². The molecule has 0 unspecified atom stereocenters. The minimum absolute atomic E-state index is 0.0712. The predicted molar refractivity (Wildman–Crippen MR) is 70.1 cm³/mol. The normalized spacial score (nSPS) is 9.38. The summed E-state index contributed by atoms with van der Waals surface area (Å²) in [5, 5.41) is 5.32. The molecule has 0 radical (unpaired) electrons. The van der Waals surface area contributed by atoms with Crippen molar-refractivity contribution < 1.29 is 8.42 Å². The molecule has 94 valence electrons. The summed E-state index contributed by atoms with van der Waals surface area (Å²) in [4.78, 5) is 0.0712. The van der Waals surface area contributed by atoms with Gasteiger partial charge in [-0.3, -0.25) is 0 Å². The summed E-state index contributed by atoms with van der Waals surface area (Å²) in [6.07, 6.45) is 1.25. The fourth-order valence-corrected chi connectivity index (χ4v) is 1.27. The Bertz CT molecular complexity index is 360. The molecular formula is C11H20ClNO2S. The first-order valence-electron chi connectivity index (χ1n) is 5.20. The standard InChI is InChI=1S/C6H6ClNO2S.C3H8.C2H6/c7-5-1-3-6(4-2-5)11(8,9)10;1-3-2;1-2/h1-4H,(H2,8,9,10);3H2,1-2H3;1-2H3. The summed E-state index contributed by atoms with van der Waals surface area (Å²) in [6, 6.07) is 5.66. The molecule has 0 aliphatic heterocycles. The van der Waals surface area contributed by atoms with Crippen LogP contribution in [0.15, 0.2) is 29.2 Å². The van der Waals surface area contributed by atoms with Crippen LogP contribution in [0, 0.1) is 0 Å². The Balaban J connectivity index is 0. The Kier molecular flexibility index (Phi) is 10.7. The molecule has 0 saturated heterocycles. The molecule has 1 rings (SSSR count). The van der Waals surface area contributed by atoms with E-state index >= 15 is 0 Å². The van der Waals surface area contributed by atoms with Crippen LogP contribution in [0.3, 0.4) is 0 Å². The van der Waals surface area contributed by atoms with Crippen molar-refractivity contribution in [3.8, 4) is 0 Å². The lowest BCUT2D eigenvalue weighted by Gasteiger charge is -1.95. The Morgan fingerprint density at radius 3 is 1.69 bits per heavy atom. The van der Waals surface area contributed by atoms with E-state index in [1.807, 2.05) is 13.8 Å². The Labute approximate surface area is 104 Å². The van der Waals surface area contributed by atoms with Gasteiger partial charge in [-0.05, 0) is 24.3 Å². The molecule has 0 aliphatic carbocycles. The van der Waals surface area contributed by atoms with Gasteiger partial charge in [-0.15, -0.1) is 0 Å². The second-order valence-electron chi connectivity index (χ2n) is 2.71. The number of halogens is 1. The molecule has 0 saturated carbocycles. The Morgan fingerprint density at radius 1 is 1.12 bits per heavy atom. The number of rotatable bonds is 1. The quantitative estimate of drug-likeness (QED) is 0.846. The molecule has 0 fully saturated rings. The van der Waals surface area contributed by atoms with Gasteiger partial charge in [0.05, 0.1) is 4.90 Å². The van der Waals surface area contributed by atoms with Crippen LogP contribution in [-0.2, 0) is 10.0 Å². The lowest BCUT2D eigenvalue weighted by atomic mass is 10.4. The molecule has 0 amide bonds. The molecule has 2 N–H and O–H groups in total. The Morgan fingerprint density at radius 2 is 1.44 bits per heavy atom. The molecule has 0 aromatic heterocycles. The summed E-state index contributed by atoms with van der Waals surface area (Å²) < 4.78 is 21.4. The van der Waals surface area contributed by atoms with E-state index in [9.17, 15) is 8.42 Å². The van der Waals surface area contributed by atoms with Crippen LogP contribution < -0.4 is 5.14 Å². The molecule has 0 heterocycles. The van der Waals surface area contributed by atoms with E-state index in [-0.39, 0.29) is 4.90 Å². The van der Waals surface area contributed by atoms with Crippen molar-refractivity contribution in [3.05, 3.63) is 29.3 Å². The van der Waals surface area contributed by atoms with Gasteiger partial charge < -0.3 is 0 Å². The van der Waals surface area contributed by atoms with E-state index in [2.05, 4.69) is 13.8 Å². The number of nitrogens with two attached hydrogens (primary N) is 1. The minimum Gasteiger partial charge on any atom is -0.225 e. The van der Waals surface area contributed by atoms with Crippen molar-refractivity contribution in [3.63, 3.8) is 0 Å². The van der Waals surface area contributed by atoms with Crippen molar-refractivity contribution in [2.24, 2.45) is 5.14 Å². The van der Waals surface area contributed by atoms with Crippen LogP contribution >= 0.6 is 11.6 Å².